The Morgan fingerprint density at radius 3 is 2.47 bits per heavy atom. The summed E-state index contributed by atoms with van der Waals surface area (Å²) in [6.45, 7) is 4.89. The summed E-state index contributed by atoms with van der Waals surface area (Å²) >= 11 is 1.53. The Morgan fingerprint density at radius 2 is 1.67 bits per heavy atom. The number of hydrogen-bond donors (Lipinski definition) is 2. The number of nitrogens with one attached hydrogen (secondary N) is 2. The molecule has 0 aliphatic rings. The number of hydrazone groups is 1. The van der Waals surface area contributed by atoms with Crippen LogP contribution in [0.4, 0.5) is 10.8 Å². The second-order valence-electron chi connectivity index (χ2n) is 10.4. The molecule has 6 aromatic rings. The molecule has 0 aliphatic heterocycles. The molecule has 0 atom stereocenters. The summed E-state index contributed by atoms with van der Waals surface area (Å²) in [6.07, 6.45) is 1.58. The van der Waals surface area contributed by atoms with Gasteiger partial charge in [-0.15, -0.1) is 11.3 Å². The van der Waals surface area contributed by atoms with Gasteiger partial charge in [0.25, 0.3) is 5.91 Å². The Bertz CT molecular complexity index is 1950. The number of ether oxygens (including phenoxy) is 2. The van der Waals surface area contributed by atoms with Crippen LogP contribution in [0.5, 0.6) is 11.5 Å². The number of anilines is 2. The number of fused-ring (bicyclic) bond motifs is 1. The molecule has 0 spiro atoms. The molecule has 7 nitrogen and oxygen atoms in total. The van der Waals surface area contributed by atoms with E-state index < -0.39 is 0 Å². The average Bonchev–Trinajstić information content (AvgIpc) is 3.54. The van der Waals surface area contributed by atoms with E-state index in [1.807, 2.05) is 66.9 Å². The lowest BCUT2D eigenvalue weighted by Gasteiger charge is -2.13. The molecule has 0 bridgehead atoms. The molecule has 0 saturated heterocycles. The van der Waals surface area contributed by atoms with E-state index in [0.29, 0.717) is 30.3 Å². The molecule has 6 rings (SSSR count). The van der Waals surface area contributed by atoms with Crippen LogP contribution in [0.25, 0.3) is 22.0 Å². The van der Waals surface area contributed by atoms with Gasteiger partial charge in [0, 0.05) is 22.2 Å². The fraction of sp³-hybridized carbons (Fsp3) is 0.108. The standard InChI is InChI=1S/C37H32N4O3S/c1-3-43-35-21-26(11-19-34(35)44-23-27-10-12-28-6-4-5-7-31(28)20-27)22-38-41-36(42)30-15-13-29(14-16-30)33-24-45-37(40-33)39-32-17-8-25(2)9-18-32/h4-22,24H,3,23H2,1-2H3,(H,39,40)(H,41,42)/b38-22-. The van der Waals surface area contributed by atoms with Crippen molar-refractivity contribution in [3.63, 3.8) is 0 Å². The topological polar surface area (TPSA) is 84.8 Å². The highest BCUT2D eigenvalue weighted by Crippen LogP contribution is 2.30. The van der Waals surface area contributed by atoms with Crippen molar-refractivity contribution in [1.29, 1.82) is 0 Å². The quantitative estimate of drug-likeness (QED) is 0.113. The van der Waals surface area contributed by atoms with Gasteiger partial charge in [-0.25, -0.2) is 10.4 Å². The van der Waals surface area contributed by atoms with Gasteiger partial charge in [0.05, 0.1) is 18.5 Å². The molecule has 0 saturated carbocycles. The van der Waals surface area contributed by atoms with E-state index in [-0.39, 0.29) is 5.91 Å². The zero-order chi connectivity index (χ0) is 31.0. The van der Waals surface area contributed by atoms with Crippen LogP contribution in [-0.2, 0) is 6.61 Å². The highest BCUT2D eigenvalue weighted by molar-refractivity contribution is 7.14. The van der Waals surface area contributed by atoms with Crippen LogP contribution in [0.15, 0.2) is 120 Å². The van der Waals surface area contributed by atoms with Crippen LogP contribution < -0.4 is 20.2 Å². The molecule has 224 valence electrons. The highest BCUT2D eigenvalue weighted by atomic mass is 32.1. The van der Waals surface area contributed by atoms with Crippen LogP contribution >= 0.6 is 11.3 Å². The SMILES string of the molecule is CCOc1cc(/C=N\NC(=O)c2ccc(-c3csc(Nc4ccc(C)cc4)n3)cc2)ccc1OCc1ccc2ccccc2c1. The smallest absolute Gasteiger partial charge is 0.271 e. The number of aryl methyl sites for hydroxylation is 1. The lowest BCUT2D eigenvalue weighted by Crippen LogP contribution is -2.17. The Hall–Kier alpha value is -5.47. The molecule has 0 fully saturated rings. The monoisotopic (exact) mass is 612 g/mol. The average molecular weight is 613 g/mol. The number of benzene rings is 5. The Labute approximate surface area is 266 Å². The number of thiazole rings is 1. The summed E-state index contributed by atoms with van der Waals surface area (Å²) in [5.41, 5.74) is 8.91. The van der Waals surface area contributed by atoms with Gasteiger partial charge < -0.3 is 14.8 Å². The van der Waals surface area contributed by atoms with Crippen molar-refractivity contribution in [1.82, 2.24) is 10.4 Å². The predicted molar refractivity (Wildman–Crippen MR) is 183 cm³/mol. The van der Waals surface area contributed by atoms with Crippen LogP contribution in [0, 0.1) is 6.92 Å². The first kappa shape index (κ1) is 29.6. The minimum Gasteiger partial charge on any atom is -0.490 e. The number of aromatic nitrogens is 1. The largest absolute Gasteiger partial charge is 0.490 e. The summed E-state index contributed by atoms with van der Waals surface area (Å²) in [7, 11) is 0. The van der Waals surface area contributed by atoms with Crippen molar-refractivity contribution >= 4 is 45.0 Å². The third-order valence-electron chi connectivity index (χ3n) is 7.11. The highest BCUT2D eigenvalue weighted by Gasteiger charge is 2.10. The van der Waals surface area contributed by atoms with Crippen LogP contribution in [0.1, 0.15) is 34.0 Å². The molecule has 1 amide bonds. The summed E-state index contributed by atoms with van der Waals surface area (Å²) in [5.74, 6) is 0.950. The number of carbonyl (C=O) groups excluding carboxylic acids is 1. The summed E-state index contributed by atoms with van der Waals surface area (Å²) < 4.78 is 11.9. The van der Waals surface area contributed by atoms with E-state index in [4.69, 9.17) is 9.47 Å². The first-order valence-corrected chi connectivity index (χ1v) is 15.5. The normalized spacial score (nSPS) is 11.1. The van der Waals surface area contributed by atoms with Crippen LogP contribution in [-0.4, -0.2) is 23.7 Å². The number of nitrogens with zero attached hydrogens (tertiary/aromatic N) is 2. The maximum absolute atomic E-state index is 12.7. The van der Waals surface area contributed by atoms with E-state index in [1.165, 1.54) is 27.7 Å². The fourth-order valence-electron chi connectivity index (χ4n) is 4.73. The molecule has 5 aromatic carbocycles. The second kappa shape index (κ2) is 13.9. The summed E-state index contributed by atoms with van der Waals surface area (Å²) in [6, 6.07) is 35.6. The van der Waals surface area contributed by atoms with Crippen molar-refractivity contribution in [2.75, 3.05) is 11.9 Å². The third kappa shape index (κ3) is 7.55. The lowest BCUT2D eigenvalue weighted by atomic mass is 10.1. The first-order valence-electron chi connectivity index (χ1n) is 14.6. The van der Waals surface area contributed by atoms with Crippen molar-refractivity contribution in [3.8, 4) is 22.8 Å². The van der Waals surface area contributed by atoms with Crippen molar-refractivity contribution in [3.05, 3.63) is 137 Å². The molecular weight excluding hydrogens is 580 g/mol. The van der Waals surface area contributed by atoms with E-state index in [1.54, 1.807) is 18.3 Å². The van der Waals surface area contributed by atoms with Gasteiger partial charge in [0.1, 0.15) is 6.61 Å². The number of amides is 1. The van der Waals surface area contributed by atoms with Crippen LogP contribution in [0.3, 0.4) is 0 Å². The van der Waals surface area contributed by atoms with Crippen molar-refractivity contribution in [2.45, 2.75) is 20.5 Å². The molecule has 0 radical (unpaired) electrons. The molecule has 8 heteroatoms. The molecular formula is C37H32N4O3S. The molecule has 1 aromatic heterocycles. The molecule has 2 N–H and O–H groups in total. The number of carbonyl (C=O) groups is 1. The Kier molecular flexibility index (Phi) is 9.13. The molecule has 0 aliphatic carbocycles. The second-order valence-corrected chi connectivity index (χ2v) is 11.3. The minimum absolute atomic E-state index is 0.307. The maximum atomic E-state index is 12.7. The lowest BCUT2D eigenvalue weighted by molar-refractivity contribution is 0.0955. The van der Waals surface area contributed by atoms with E-state index in [2.05, 4.69) is 70.2 Å². The molecule has 45 heavy (non-hydrogen) atoms. The summed E-state index contributed by atoms with van der Waals surface area (Å²) in [5, 5.41) is 12.7. The van der Waals surface area contributed by atoms with Gasteiger partial charge in [-0.05, 0) is 84.3 Å². The summed E-state index contributed by atoms with van der Waals surface area (Å²) in [4.78, 5) is 17.4. The van der Waals surface area contributed by atoms with Gasteiger partial charge in [-0.1, -0.05) is 66.2 Å². The molecule has 0 unspecified atom stereocenters. The van der Waals surface area contributed by atoms with Gasteiger partial charge in [0.2, 0.25) is 0 Å². The van der Waals surface area contributed by atoms with Crippen molar-refractivity contribution < 1.29 is 14.3 Å². The minimum atomic E-state index is -0.307. The third-order valence-corrected chi connectivity index (χ3v) is 7.86. The molecule has 1 heterocycles. The van der Waals surface area contributed by atoms with E-state index >= 15 is 0 Å². The van der Waals surface area contributed by atoms with Gasteiger partial charge in [0.15, 0.2) is 16.6 Å². The zero-order valence-corrected chi connectivity index (χ0v) is 25.8. The number of rotatable bonds is 11. The maximum Gasteiger partial charge on any atom is 0.271 e. The fourth-order valence-corrected chi connectivity index (χ4v) is 5.47. The first-order chi connectivity index (χ1) is 22.0. The van der Waals surface area contributed by atoms with Gasteiger partial charge in [-0.3, -0.25) is 4.79 Å². The zero-order valence-electron chi connectivity index (χ0n) is 25.0. The van der Waals surface area contributed by atoms with E-state index in [0.717, 1.165) is 33.2 Å². The predicted octanol–water partition coefficient (Wildman–Crippen LogP) is 8.76. The van der Waals surface area contributed by atoms with Crippen LogP contribution in [0.2, 0.25) is 0 Å². The van der Waals surface area contributed by atoms with E-state index in [9.17, 15) is 4.79 Å². The van der Waals surface area contributed by atoms with Crippen molar-refractivity contribution in [2.24, 2.45) is 5.10 Å². The Morgan fingerprint density at radius 1 is 0.867 bits per heavy atom. The number of hydrogen-bond acceptors (Lipinski definition) is 7. The Balaban J connectivity index is 1.05. The van der Waals surface area contributed by atoms with Gasteiger partial charge >= 0.3 is 0 Å². The van der Waals surface area contributed by atoms with Gasteiger partial charge in [-0.2, -0.15) is 5.10 Å².